The second kappa shape index (κ2) is 13.3. The molecule has 240 valence electrons. The Morgan fingerprint density at radius 1 is 0.255 bits per heavy atom. The van der Waals surface area contributed by atoms with Crippen LogP contribution in [0, 0.1) is 0 Å². The monoisotopic (exact) mass is 649 g/mol. The van der Waals surface area contributed by atoms with E-state index in [1.54, 1.807) is 0 Å². The maximum Gasteiger partial charge on any atom is 0.0540 e. The summed E-state index contributed by atoms with van der Waals surface area (Å²) in [5, 5.41) is 4.92. The van der Waals surface area contributed by atoms with E-state index in [4.69, 9.17) is 0 Å². The third kappa shape index (κ3) is 5.86. The molecule has 1 nitrogen and oxygen atoms in total. The molecule has 0 aromatic heterocycles. The van der Waals surface area contributed by atoms with Crippen LogP contribution < -0.4 is 4.90 Å². The predicted octanol–water partition coefficient (Wildman–Crippen LogP) is 14.1. The minimum atomic E-state index is 1.11. The Bertz CT molecular complexity index is 2580. The van der Waals surface area contributed by atoms with Gasteiger partial charge in [0.15, 0.2) is 0 Å². The molecular weight excluding hydrogens is 615 g/mol. The minimum absolute atomic E-state index is 1.11. The summed E-state index contributed by atoms with van der Waals surface area (Å²) in [6.45, 7) is 0. The van der Waals surface area contributed by atoms with E-state index in [0.717, 1.165) is 17.1 Å². The van der Waals surface area contributed by atoms with Gasteiger partial charge in [-0.25, -0.2) is 0 Å². The summed E-state index contributed by atoms with van der Waals surface area (Å²) in [7, 11) is 0. The van der Waals surface area contributed by atoms with Crippen molar-refractivity contribution in [3.63, 3.8) is 0 Å². The summed E-state index contributed by atoms with van der Waals surface area (Å²) in [5.74, 6) is 0. The maximum atomic E-state index is 2.38. The molecule has 0 aliphatic rings. The van der Waals surface area contributed by atoms with Gasteiger partial charge in [-0.15, -0.1) is 0 Å². The highest BCUT2D eigenvalue weighted by Crippen LogP contribution is 2.42. The van der Waals surface area contributed by atoms with Gasteiger partial charge >= 0.3 is 0 Å². The number of hydrogen-bond acceptors (Lipinski definition) is 1. The van der Waals surface area contributed by atoms with Gasteiger partial charge in [-0.2, -0.15) is 0 Å². The quantitative estimate of drug-likeness (QED) is 0.166. The highest BCUT2D eigenvalue weighted by Gasteiger charge is 2.17. The second-order valence-corrected chi connectivity index (χ2v) is 12.9. The van der Waals surface area contributed by atoms with Gasteiger partial charge in [0.1, 0.15) is 0 Å². The fraction of sp³-hybridized carbons (Fsp3) is 0. The van der Waals surface area contributed by atoms with E-state index < -0.39 is 0 Å². The topological polar surface area (TPSA) is 3.24 Å². The van der Waals surface area contributed by atoms with Crippen LogP contribution in [0.15, 0.2) is 212 Å². The van der Waals surface area contributed by atoms with Crippen LogP contribution in [0.2, 0.25) is 0 Å². The molecule has 0 bridgehead atoms. The average Bonchev–Trinajstić information content (AvgIpc) is 3.22. The third-order valence-electron chi connectivity index (χ3n) is 9.89. The molecule has 9 aromatic carbocycles. The Morgan fingerprint density at radius 3 is 1.29 bits per heavy atom. The van der Waals surface area contributed by atoms with Crippen LogP contribution in [0.3, 0.4) is 0 Å². The van der Waals surface area contributed by atoms with Gasteiger partial charge < -0.3 is 4.90 Å². The van der Waals surface area contributed by atoms with Crippen molar-refractivity contribution in [3.8, 4) is 44.5 Å². The van der Waals surface area contributed by atoms with Crippen molar-refractivity contribution in [1.29, 1.82) is 0 Å². The zero-order chi connectivity index (χ0) is 34.0. The first-order chi connectivity index (χ1) is 25.3. The van der Waals surface area contributed by atoms with Crippen molar-refractivity contribution in [3.05, 3.63) is 212 Å². The molecule has 9 aromatic rings. The van der Waals surface area contributed by atoms with Crippen molar-refractivity contribution in [1.82, 2.24) is 0 Å². The Morgan fingerprint density at radius 2 is 0.686 bits per heavy atom. The molecule has 0 N–H and O–H groups in total. The molecule has 1 heteroatoms. The summed E-state index contributed by atoms with van der Waals surface area (Å²) >= 11 is 0. The van der Waals surface area contributed by atoms with Crippen molar-refractivity contribution >= 4 is 38.6 Å². The van der Waals surface area contributed by atoms with E-state index in [1.807, 2.05) is 0 Å². The van der Waals surface area contributed by atoms with Crippen LogP contribution in [0.25, 0.3) is 66.1 Å². The first-order valence-corrected chi connectivity index (χ1v) is 17.5. The van der Waals surface area contributed by atoms with Crippen molar-refractivity contribution in [2.24, 2.45) is 0 Å². The lowest BCUT2D eigenvalue weighted by Crippen LogP contribution is -2.10. The van der Waals surface area contributed by atoms with Crippen LogP contribution >= 0.6 is 0 Å². The zero-order valence-electron chi connectivity index (χ0n) is 28.2. The van der Waals surface area contributed by atoms with Crippen LogP contribution in [-0.2, 0) is 0 Å². The minimum Gasteiger partial charge on any atom is -0.310 e. The highest BCUT2D eigenvalue weighted by molar-refractivity contribution is 6.05. The van der Waals surface area contributed by atoms with Gasteiger partial charge in [-0.05, 0) is 91.0 Å². The van der Waals surface area contributed by atoms with Gasteiger partial charge in [0.25, 0.3) is 0 Å². The fourth-order valence-electron chi connectivity index (χ4n) is 7.34. The molecular formula is C50H35N. The molecule has 0 amide bonds. The molecule has 0 saturated heterocycles. The van der Waals surface area contributed by atoms with Gasteiger partial charge in [-0.3, -0.25) is 0 Å². The summed E-state index contributed by atoms with van der Waals surface area (Å²) in [4.78, 5) is 2.38. The zero-order valence-corrected chi connectivity index (χ0v) is 28.2. The summed E-state index contributed by atoms with van der Waals surface area (Å²) in [6, 6.07) is 76.6. The Balaban J connectivity index is 1.13. The predicted molar refractivity (Wildman–Crippen MR) is 218 cm³/mol. The fourth-order valence-corrected chi connectivity index (χ4v) is 7.34. The Labute approximate surface area is 299 Å². The summed E-state index contributed by atoms with van der Waals surface area (Å²) in [6.07, 6.45) is 0. The van der Waals surface area contributed by atoms with Gasteiger partial charge in [0.05, 0.1) is 5.69 Å². The number of nitrogens with zero attached hydrogens (tertiary/aromatic N) is 1. The highest BCUT2D eigenvalue weighted by atomic mass is 15.1. The molecule has 0 fully saturated rings. The molecule has 51 heavy (non-hydrogen) atoms. The Kier molecular flexibility index (Phi) is 7.92. The van der Waals surface area contributed by atoms with Gasteiger partial charge in [-0.1, -0.05) is 182 Å². The number of benzene rings is 9. The third-order valence-corrected chi connectivity index (χ3v) is 9.89. The largest absolute Gasteiger partial charge is 0.310 e. The van der Waals surface area contributed by atoms with Gasteiger partial charge in [0.2, 0.25) is 0 Å². The number of anilines is 3. The summed E-state index contributed by atoms with van der Waals surface area (Å²) in [5.41, 5.74) is 13.1. The smallest absolute Gasteiger partial charge is 0.0540 e. The van der Waals surface area contributed by atoms with E-state index >= 15 is 0 Å². The molecule has 0 unspecified atom stereocenters. The molecule has 0 aliphatic heterocycles. The normalized spacial score (nSPS) is 11.1. The average molecular weight is 650 g/mol. The number of rotatable bonds is 7. The molecule has 0 saturated carbocycles. The molecule has 0 heterocycles. The first-order valence-electron chi connectivity index (χ1n) is 17.5. The van der Waals surface area contributed by atoms with Gasteiger partial charge in [0, 0.05) is 16.8 Å². The second-order valence-electron chi connectivity index (χ2n) is 12.9. The standard InChI is InChI=1S/C50H35N/c1-3-12-36(13-4-1)37-22-24-38(25-23-37)39-26-31-44(32-27-39)51(49-21-11-18-40-16-7-9-19-46(40)49)45-33-28-43(29-34-45)50-47-20-10-8-17-42(47)30-35-48(50)41-14-5-2-6-15-41/h1-35H. The van der Waals surface area contributed by atoms with Crippen LogP contribution in [0.5, 0.6) is 0 Å². The first kappa shape index (κ1) is 30.4. The molecule has 0 atom stereocenters. The number of fused-ring (bicyclic) bond motifs is 2. The van der Waals surface area contributed by atoms with Crippen LogP contribution in [0.4, 0.5) is 17.1 Å². The SMILES string of the molecule is c1ccc(-c2ccc(-c3ccc(N(c4ccc(-c5c(-c6ccccc6)ccc6ccccc56)cc4)c4cccc5ccccc45)cc3)cc2)cc1. The summed E-state index contributed by atoms with van der Waals surface area (Å²) < 4.78 is 0. The van der Waals surface area contributed by atoms with Crippen LogP contribution in [-0.4, -0.2) is 0 Å². The van der Waals surface area contributed by atoms with Crippen LogP contribution in [0.1, 0.15) is 0 Å². The Hall–Kier alpha value is -6.70. The lowest BCUT2D eigenvalue weighted by atomic mass is 9.89. The number of hydrogen-bond donors (Lipinski definition) is 0. The lowest BCUT2D eigenvalue weighted by Gasteiger charge is -2.27. The van der Waals surface area contributed by atoms with E-state index in [9.17, 15) is 0 Å². The van der Waals surface area contributed by atoms with Crippen molar-refractivity contribution in [2.75, 3.05) is 4.90 Å². The van der Waals surface area contributed by atoms with Crippen molar-refractivity contribution < 1.29 is 0 Å². The van der Waals surface area contributed by atoms with E-state index in [0.29, 0.717) is 0 Å². The van der Waals surface area contributed by atoms with E-state index in [1.165, 1.54) is 66.1 Å². The van der Waals surface area contributed by atoms with E-state index in [2.05, 4.69) is 217 Å². The molecule has 0 spiro atoms. The molecule has 0 radical (unpaired) electrons. The van der Waals surface area contributed by atoms with Crippen molar-refractivity contribution in [2.45, 2.75) is 0 Å². The lowest BCUT2D eigenvalue weighted by molar-refractivity contribution is 1.30. The van der Waals surface area contributed by atoms with E-state index in [-0.39, 0.29) is 0 Å². The molecule has 0 aliphatic carbocycles. The maximum absolute atomic E-state index is 2.38. The molecule has 9 rings (SSSR count).